The molecule has 1 aliphatic rings. The summed E-state index contributed by atoms with van der Waals surface area (Å²) in [6, 6.07) is 13.7. The first-order valence-electron chi connectivity index (χ1n) is 7.75. The van der Waals surface area contributed by atoms with Gasteiger partial charge in [-0.05, 0) is 42.0 Å². The van der Waals surface area contributed by atoms with Crippen LogP contribution in [0, 0.1) is 0 Å². The summed E-state index contributed by atoms with van der Waals surface area (Å²) in [5.74, 6) is -0.929. The fourth-order valence-electron chi connectivity index (χ4n) is 3.26. The molecule has 4 nitrogen and oxygen atoms in total. The summed E-state index contributed by atoms with van der Waals surface area (Å²) in [7, 11) is 0. The van der Waals surface area contributed by atoms with Gasteiger partial charge in [-0.15, -0.1) is 0 Å². The lowest BCUT2D eigenvalue weighted by atomic mass is 9.75. The normalized spacial score (nSPS) is 16.2. The third-order valence-electron chi connectivity index (χ3n) is 4.85. The molecular weight excluding hydrogens is 290 g/mol. The summed E-state index contributed by atoms with van der Waals surface area (Å²) in [4.78, 5) is 14.2. The van der Waals surface area contributed by atoms with E-state index in [1.807, 2.05) is 42.5 Å². The van der Waals surface area contributed by atoms with Crippen LogP contribution >= 0.6 is 0 Å². The molecule has 0 unspecified atom stereocenters. The molecule has 4 heteroatoms. The van der Waals surface area contributed by atoms with Gasteiger partial charge in [0.2, 0.25) is 0 Å². The summed E-state index contributed by atoms with van der Waals surface area (Å²) < 4.78 is 0. The van der Waals surface area contributed by atoms with Gasteiger partial charge < -0.3 is 15.2 Å². The smallest absolute Gasteiger partial charge is 0.337 e. The highest BCUT2D eigenvalue weighted by atomic mass is 16.4. The van der Waals surface area contributed by atoms with Crippen LogP contribution in [-0.2, 0) is 5.60 Å². The molecular formula is C19H17NO3. The molecule has 3 N–H and O–H groups in total. The summed E-state index contributed by atoms with van der Waals surface area (Å²) in [5.41, 5.74) is 3.49. The number of H-pyrrole nitrogens is 1. The number of aliphatic hydroxyl groups is 1. The number of aromatic carboxylic acids is 1. The van der Waals surface area contributed by atoms with Crippen LogP contribution in [0.5, 0.6) is 0 Å². The van der Waals surface area contributed by atoms with Gasteiger partial charge >= 0.3 is 5.97 Å². The van der Waals surface area contributed by atoms with E-state index >= 15 is 0 Å². The first kappa shape index (κ1) is 14.0. The molecule has 1 fully saturated rings. The molecule has 2 aromatic carbocycles. The zero-order valence-electron chi connectivity index (χ0n) is 12.5. The molecule has 116 valence electrons. The molecule has 3 aromatic rings. The van der Waals surface area contributed by atoms with Gasteiger partial charge in [-0.2, -0.15) is 0 Å². The molecule has 0 spiro atoms. The molecule has 0 atom stereocenters. The zero-order valence-corrected chi connectivity index (χ0v) is 12.5. The topological polar surface area (TPSA) is 73.3 Å². The Kier molecular flexibility index (Phi) is 3.03. The van der Waals surface area contributed by atoms with E-state index in [1.165, 1.54) is 6.20 Å². The lowest BCUT2D eigenvalue weighted by Gasteiger charge is -2.37. The van der Waals surface area contributed by atoms with Crippen LogP contribution in [0.1, 0.15) is 35.2 Å². The van der Waals surface area contributed by atoms with Crippen LogP contribution in [0.25, 0.3) is 22.0 Å². The van der Waals surface area contributed by atoms with Crippen LogP contribution in [-0.4, -0.2) is 21.2 Å². The van der Waals surface area contributed by atoms with Crippen LogP contribution in [0.4, 0.5) is 0 Å². The van der Waals surface area contributed by atoms with E-state index in [2.05, 4.69) is 4.98 Å². The molecule has 0 bridgehead atoms. The molecule has 1 aliphatic carbocycles. The Labute approximate surface area is 133 Å². The van der Waals surface area contributed by atoms with Gasteiger partial charge in [0.15, 0.2) is 0 Å². The van der Waals surface area contributed by atoms with E-state index in [1.54, 1.807) is 0 Å². The Morgan fingerprint density at radius 1 is 1.04 bits per heavy atom. The van der Waals surface area contributed by atoms with E-state index in [0.717, 1.165) is 41.5 Å². The lowest BCUT2D eigenvalue weighted by molar-refractivity contribution is -0.0387. The first-order valence-corrected chi connectivity index (χ1v) is 7.75. The number of hydrogen-bond donors (Lipinski definition) is 3. The Bertz CT molecular complexity index is 889. The van der Waals surface area contributed by atoms with Gasteiger partial charge in [0.1, 0.15) is 0 Å². The lowest BCUT2D eigenvalue weighted by Crippen LogP contribution is -2.33. The number of aromatic amines is 1. The molecule has 1 saturated carbocycles. The molecule has 0 saturated heterocycles. The summed E-state index contributed by atoms with van der Waals surface area (Å²) in [6.07, 6.45) is 4.26. The minimum Gasteiger partial charge on any atom is -0.478 e. The quantitative estimate of drug-likeness (QED) is 0.687. The maximum Gasteiger partial charge on any atom is 0.337 e. The highest BCUT2D eigenvalue weighted by Crippen LogP contribution is 2.41. The predicted molar refractivity (Wildman–Crippen MR) is 88.4 cm³/mol. The zero-order chi connectivity index (χ0) is 16.0. The van der Waals surface area contributed by atoms with Crippen LogP contribution in [0.15, 0.2) is 48.7 Å². The van der Waals surface area contributed by atoms with Crippen molar-refractivity contribution in [3.05, 3.63) is 59.8 Å². The Hall–Kier alpha value is -2.59. The largest absolute Gasteiger partial charge is 0.478 e. The van der Waals surface area contributed by atoms with E-state index in [0.29, 0.717) is 5.39 Å². The van der Waals surface area contributed by atoms with Gasteiger partial charge in [-0.1, -0.05) is 36.4 Å². The highest BCUT2D eigenvalue weighted by molar-refractivity contribution is 6.04. The van der Waals surface area contributed by atoms with Gasteiger partial charge in [0, 0.05) is 17.1 Å². The Morgan fingerprint density at radius 2 is 1.74 bits per heavy atom. The number of fused-ring (bicyclic) bond motifs is 1. The van der Waals surface area contributed by atoms with Crippen molar-refractivity contribution in [2.75, 3.05) is 0 Å². The second-order valence-corrected chi connectivity index (χ2v) is 6.23. The second-order valence-electron chi connectivity index (χ2n) is 6.23. The number of carboxylic acid groups (broad SMARTS) is 1. The van der Waals surface area contributed by atoms with E-state index in [-0.39, 0.29) is 5.56 Å². The molecule has 1 heterocycles. The van der Waals surface area contributed by atoms with Crippen molar-refractivity contribution in [3.8, 4) is 11.1 Å². The van der Waals surface area contributed by atoms with E-state index in [4.69, 9.17) is 5.11 Å². The summed E-state index contributed by atoms with van der Waals surface area (Å²) in [6.45, 7) is 0. The molecule has 0 radical (unpaired) electrons. The Morgan fingerprint density at radius 3 is 2.35 bits per heavy atom. The number of carboxylic acids is 1. The van der Waals surface area contributed by atoms with Crippen LogP contribution in [0.3, 0.4) is 0 Å². The molecule has 1 aromatic heterocycles. The average molecular weight is 307 g/mol. The van der Waals surface area contributed by atoms with Crippen molar-refractivity contribution in [3.63, 3.8) is 0 Å². The van der Waals surface area contributed by atoms with Crippen LogP contribution < -0.4 is 0 Å². The van der Waals surface area contributed by atoms with Crippen molar-refractivity contribution in [1.82, 2.24) is 4.98 Å². The van der Waals surface area contributed by atoms with Gasteiger partial charge in [-0.3, -0.25) is 0 Å². The third kappa shape index (κ3) is 2.23. The molecule has 4 rings (SSSR count). The number of benzene rings is 2. The van der Waals surface area contributed by atoms with Gasteiger partial charge in [0.25, 0.3) is 0 Å². The van der Waals surface area contributed by atoms with E-state index in [9.17, 15) is 9.90 Å². The van der Waals surface area contributed by atoms with Crippen LogP contribution in [0.2, 0.25) is 0 Å². The Balaban J connectivity index is 1.70. The first-order chi connectivity index (χ1) is 11.1. The van der Waals surface area contributed by atoms with Crippen molar-refractivity contribution in [2.24, 2.45) is 0 Å². The number of carbonyl (C=O) groups is 1. The minimum absolute atomic E-state index is 0.286. The number of rotatable bonds is 3. The second kappa shape index (κ2) is 4.96. The predicted octanol–water partition coefficient (Wildman–Crippen LogP) is 3.90. The number of aromatic nitrogens is 1. The van der Waals surface area contributed by atoms with Crippen molar-refractivity contribution in [2.45, 2.75) is 24.9 Å². The third-order valence-corrected chi connectivity index (χ3v) is 4.85. The minimum atomic E-state index is -0.929. The molecule has 0 aliphatic heterocycles. The maximum atomic E-state index is 11.2. The summed E-state index contributed by atoms with van der Waals surface area (Å²) in [5, 5.41) is 20.2. The standard InChI is InChI=1S/C19H17NO3/c21-18(22)16-11-20-17-10-13(4-7-15(16)17)12-2-5-14(6-3-12)19(23)8-1-9-19/h2-7,10-11,20,23H,1,8-9H2,(H,21,22). The average Bonchev–Trinajstić information content (AvgIpc) is 2.96. The van der Waals surface area contributed by atoms with Crippen molar-refractivity contribution >= 4 is 16.9 Å². The molecule has 23 heavy (non-hydrogen) atoms. The van der Waals surface area contributed by atoms with Gasteiger partial charge in [0.05, 0.1) is 11.2 Å². The van der Waals surface area contributed by atoms with Crippen molar-refractivity contribution < 1.29 is 15.0 Å². The summed E-state index contributed by atoms with van der Waals surface area (Å²) >= 11 is 0. The monoisotopic (exact) mass is 307 g/mol. The maximum absolute atomic E-state index is 11.2. The number of nitrogens with one attached hydrogen (secondary N) is 1. The highest BCUT2D eigenvalue weighted by Gasteiger charge is 2.35. The van der Waals surface area contributed by atoms with Crippen molar-refractivity contribution in [1.29, 1.82) is 0 Å². The fraction of sp³-hybridized carbons (Fsp3) is 0.211. The van der Waals surface area contributed by atoms with Gasteiger partial charge in [-0.25, -0.2) is 4.79 Å². The number of hydrogen-bond acceptors (Lipinski definition) is 2. The fourth-order valence-corrected chi connectivity index (χ4v) is 3.26. The SMILES string of the molecule is O=C(O)c1c[nH]c2cc(-c3ccc(C4(O)CCC4)cc3)ccc12. The molecule has 0 amide bonds. The van der Waals surface area contributed by atoms with E-state index < -0.39 is 11.6 Å².